The fourth-order valence-electron chi connectivity index (χ4n) is 0.689. The quantitative estimate of drug-likeness (QED) is 0.358. The molecule has 0 fully saturated rings. The van der Waals surface area contributed by atoms with Crippen LogP contribution in [0.3, 0.4) is 0 Å². The van der Waals surface area contributed by atoms with Crippen molar-refractivity contribution in [3.8, 4) is 0 Å². The molecule has 0 unspecified atom stereocenters. The summed E-state index contributed by atoms with van der Waals surface area (Å²) in [4.78, 5) is 3.92. The molecular weight excluding hydrogens is 128 g/mol. The minimum Gasteiger partial charge on any atom is -0.411 e. The first-order chi connectivity index (χ1) is 4.83. The summed E-state index contributed by atoms with van der Waals surface area (Å²) in [6.45, 7) is 1.95. The average molecular weight is 136 g/mol. The molecule has 0 radical (unpaired) electrons. The number of hydrogen-bond acceptors (Lipinski definition) is 3. The number of oxime groups is 1. The van der Waals surface area contributed by atoms with Gasteiger partial charge >= 0.3 is 0 Å². The van der Waals surface area contributed by atoms with Crippen molar-refractivity contribution in [1.82, 2.24) is 4.98 Å². The third-order valence-corrected chi connectivity index (χ3v) is 1.13. The lowest BCUT2D eigenvalue weighted by Gasteiger charge is -1.91. The number of rotatable bonds is 1. The van der Waals surface area contributed by atoms with Crippen LogP contribution in [0.15, 0.2) is 23.5 Å². The van der Waals surface area contributed by atoms with E-state index in [1.165, 1.54) is 6.21 Å². The third-order valence-electron chi connectivity index (χ3n) is 1.13. The second-order valence-corrected chi connectivity index (χ2v) is 2.00. The molecule has 1 N–H and O–H groups in total. The molecule has 0 aliphatic carbocycles. The minimum absolute atomic E-state index is 0.669. The van der Waals surface area contributed by atoms with Gasteiger partial charge in [-0.15, -0.1) is 0 Å². The zero-order chi connectivity index (χ0) is 7.40. The molecule has 3 nitrogen and oxygen atoms in total. The monoisotopic (exact) mass is 136 g/mol. The lowest BCUT2D eigenvalue weighted by molar-refractivity contribution is 0.321. The van der Waals surface area contributed by atoms with Crippen molar-refractivity contribution in [2.45, 2.75) is 6.92 Å². The zero-order valence-electron chi connectivity index (χ0n) is 5.65. The molecule has 0 aliphatic heterocycles. The van der Waals surface area contributed by atoms with E-state index in [1.807, 2.05) is 19.1 Å². The summed E-state index contributed by atoms with van der Waals surface area (Å²) in [6.07, 6.45) is 2.97. The maximum Gasteiger partial charge on any atom is 0.0918 e. The van der Waals surface area contributed by atoms with E-state index in [0.29, 0.717) is 5.69 Å². The van der Waals surface area contributed by atoms with Gasteiger partial charge in [0.05, 0.1) is 11.9 Å². The van der Waals surface area contributed by atoms with Crippen molar-refractivity contribution in [2.75, 3.05) is 0 Å². The Morgan fingerprint density at radius 1 is 1.70 bits per heavy atom. The van der Waals surface area contributed by atoms with Crippen LogP contribution in [-0.2, 0) is 0 Å². The van der Waals surface area contributed by atoms with E-state index in [-0.39, 0.29) is 0 Å². The van der Waals surface area contributed by atoms with E-state index in [0.717, 1.165) is 5.56 Å². The van der Waals surface area contributed by atoms with Gasteiger partial charge in [-0.3, -0.25) is 4.98 Å². The molecule has 0 saturated heterocycles. The van der Waals surface area contributed by atoms with Gasteiger partial charge in [0.2, 0.25) is 0 Å². The Morgan fingerprint density at radius 3 is 3.10 bits per heavy atom. The molecule has 0 bridgehead atoms. The Morgan fingerprint density at radius 2 is 2.50 bits per heavy atom. The lowest BCUT2D eigenvalue weighted by atomic mass is 10.2. The highest BCUT2D eigenvalue weighted by Crippen LogP contribution is 1.96. The third kappa shape index (κ3) is 1.55. The van der Waals surface area contributed by atoms with E-state index in [2.05, 4.69) is 10.1 Å². The summed E-state index contributed by atoms with van der Waals surface area (Å²) in [7, 11) is 0. The van der Waals surface area contributed by atoms with E-state index in [9.17, 15) is 0 Å². The molecule has 0 amide bonds. The molecule has 0 spiro atoms. The van der Waals surface area contributed by atoms with Crippen LogP contribution in [0.1, 0.15) is 11.3 Å². The fraction of sp³-hybridized carbons (Fsp3) is 0.143. The smallest absolute Gasteiger partial charge is 0.0918 e. The highest BCUT2D eigenvalue weighted by Gasteiger charge is 1.87. The first-order valence-electron chi connectivity index (χ1n) is 2.93. The standard InChI is InChI=1S/C7H8N2O/c1-6-2-3-8-7(4-6)5-9-10/h2-5,10H,1H3/b9-5+. The van der Waals surface area contributed by atoms with Crippen LogP contribution in [0.5, 0.6) is 0 Å². The van der Waals surface area contributed by atoms with Crippen molar-refractivity contribution < 1.29 is 5.21 Å². The largest absolute Gasteiger partial charge is 0.411 e. The zero-order valence-corrected chi connectivity index (χ0v) is 5.65. The van der Waals surface area contributed by atoms with Gasteiger partial charge in [-0.25, -0.2) is 0 Å². The summed E-state index contributed by atoms with van der Waals surface area (Å²) in [5.74, 6) is 0. The topological polar surface area (TPSA) is 45.5 Å². The SMILES string of the molecule is Cc1ccnc(/C=N/O)c1. The molecule has 0 aliphatic rings. The molecule has 0 aromatic carbocycles. The maximum absolute atomic E-state index is 8.14. The van der Waals surface area contributed by atoms with Crippen molar-refractivity contribution in [1.29, 1.82) is 0 Å². The van der Waals surface area contributed by atoms with E-state index in [1.54, 1.807) is 6.20 Å². The molecule has 1 rings (SSSR count). The lowest BCUT2D eigenvalue weighted by Crippen LogP contribution is -1.86. The first-order valence-corrected chi connectivity index (χ1v) is 2.93. The van der Waals surface area contributed by atoms with Gasteiger partial charge in [0.1, 0.15) is 0 Å². The predicted octanol–water partition coefficient (Wildman–Crippen LogP) is 1.20. The van der Waals surface area contributed by atoms with Crippen LogP contribution < -0.4 is 0 Å². The number of aromatic nitrogens is 1. The second-order valence-electron chi connectivity index (χ2n) is 2.00. The van der Waals surface area contributed by atoms with Gasteiger partial charge in [0.15, 0.2) is 0 Å². The maximum atomic E-state index is 8.14. The normalized spacial score (nSPS) is 10.5. The van der Waals surface area contributed by atoms with Crippen molar-refractivity contribution >= 4 is 6.21 Å². The molecule has 3 heteroatoms. The van der Waals surface area contributed by atoms with Gasteiger partial charge < -0.3 is 5.21 Å². The molecule has 0 saturated carbocycles. The number of nitrogens with zero attached hydrogens (tertiary/aromatic N) is 2. The van der Waals surface area contributed by atoms with Crippen molar-refractivity contribution in [3.05, 3.63) is 29.6 Å². The highest BCUT2D eigenvalue weighted by molar-refractivity contribution is 5.76. The molecule has 52 valence electrons. The Balaban J connectivity index is 2.95. The molecule has 1 heterocycles. The summed E-state index contributed by atoms with van der Waals surface area (Å²) in [5.41, 5.74) is 1.77. The van der Waals surface area contributed by atoms with Crippen LogP contribution in [0.25, 0.3) is 0 Å². The second kappa shape index (κ2) is 2.96. The van der Waals surface area contributed by atoms with Crippen molar-refractivity contribution in [3.63, 3.8) is 0 Å². The van der Waals surface area contributed by atoms with Crippen LogP contribution in [0, 0.1) is 6.92 Å². The van der Waals surface area contributed by atoms with Gasteiger partial charge in [-0.2, -0.15) is 0 Å². The Labute approximate surface area is 59.0 Å². The predicted molar refractivity (Wildman–Crippen MR) is 38.4 cm³/mol. The van der Waals surface area contributed by atoms with Gasteiger partial charge in [-0.1, -0.05) is 5.16 Å². The average Bonchev–Trinajstić information content (AvgIpc) is 1.88. The van der Waals surface area contributed by atoms with Crippen LogP contribution >= 0.6 is 0 Å². The minimum atomic E-state index is 0.669. The molecule has 1 aromatic rings. The first kappa shape index (κ1) is 6.74. The number of pyridine rings is 1. The summed E-state index contributed by atoms with van der Waals surface area (Å²) < 4.78 is 0. The van der Waals surface area contributed by atoms with Crippen molar-refractivity contribution in [2.24, 2.45) is 5.16 Å². The number of hydrogen-bond donors (Lipinski definition) is 1. The van der Waals surface area contributed by atoms with Gasteiger partial charge in [0.25, 0.3) is 0 Å². The number of aryl methyl sites for hydroxylation is 1. The highest BCUT2D eigenvalue weighted by atomic mass is 16.4. The molecule has 0 atom stereocenters. The molecule has 1 aromatic heterocycles. The summed E-state index contributed by atoms with van der Waals surface area (Å²) >= 11 is 0. The summed E-state index contributed by atoms with van der Waals surface area (Å²) in [5, 5.41) is 11.0. The van der Waals surface area contributed by atoms with E-state index >= 15 is 0 Å². The Kier molecular flexibility index (Phi) is 1.99. The Bertz CT molecular complexity index is 245. The van der Waals surface area contributed by atoms with Crippen LogP contribution in [0.4, 0.5) is 0 Å². The molecular formula is C7H8N2O. The van der Waals surface area contributed by atoms with Gasteiger partial charge in [-0.05, 0) is 24.6 Å². The van der Waals surface area contributed by atoms with E-state index in [4.69, 9.17) is 5.21 Å². The fourth-order valence-corrected chi connectivity index (χ4v) is 0.689. The molecule has 10 heavy (non-hydrogen) atoms. The Hall–Kier alpha value is -1.38. The van der Waals surface area contributed by atoms with Gasteiger partial charge in [0, 0.05) is 6.20 Å². The van der Waals surface area contributed by atoms with Crippen LogP contribution in [0.2, 0.25) is 0 Å². The summed E-state index contributed by atoms with van der Waals surface area (Å²) in [6, 6.07) is 3.72. The van der Waals surface area contributed by atoms with Crippen LogP contribution in [-0.4, -0.2) is 16.4 Å². The van der Waals surface area contributed by atoms with E-state index < -0.39 is 0 Å².